The zero-order valence-electron chi connectivity index (χ0n) is 14.6. The fourth-order valence-corrected chi connectivity index (χ4v) is 2.43. The van der Waals surface area contributed by atoms with Crippen molar-refractivity contribution < 1.29 is 0 Å². The lowest BCUT2D eigenvalue weighted by Gasteiger charge is -2.04. The Morgan fingerprint density at radius 1 is 0.560 bits per heavy atom. The van der Waals surface area contributed by atoms with Crippen LogP contribution in [-0.4, -0.2) is 0 Å². The minimum Gasteiger partial charge on any atom is -0.0764 e. The molecule has 1 atom stereocenters. The second kappa shape index (κ2) is 8.05. The Morgan fingerprint density at radius 2 is 1.04 bits per heavy atom. The Labute approximate surface area is 150 Å². The number of hydrogen-bond acceptors (Lipinski definition) is 0. The summed E-state index contributed by atoms with van der Waals surface area (Å²) >= 11 is 0. The molecular formula is C25H20. The molecule has 0 saturated heterocycles. The van der Waals surface area contributed by atoms with Gasteiger partial charge in [-0.2, -0.15) is 0 Å². The van der Waals surface area contributed by atoms with E-state index in [0.717, 1.165) is 16.7 Å². The van der Waals surface area contributed by atoms with E-state index in [2.05, 4.69) is 86.1 Å². The minimum atomic E-state index is -0.109. The Kier molecular flexibility index (Phi) is 5.36. The van der Waals surface area contributed by atoms with E-state index < -0.39 is 0 Å². The van der Waals surface area contributed by atoms with Crippen LogP contribution in [0.15, 0.2) is 78.9 Å². The molecule has 0 aliphatic carbocycles. The van der Waals surface area contributed by atoms with Gasteiger partial charge < -0.3 is 0 Å². The molecule has 3 aromatic rings. The zero-order valence-corrected chi connectivity index (χ0v) is 14.6. The maximum absolute atomic E-state index is 3.34. The molecule has 120 valence electrons. The molecule has 3 aromatic carbocycles. The molecule has 0 aromatic heterocycles. The first-order valence-corrected chi connectivity index (χ1v) is 8.42. The van der Waals surface area contributed by atoms with E-state index in [-0.39, 0.29) is 5.92 Å². The van der Waals surface area contributed by atoms with Crippen molar-refractivity contribution in [2.75, 3.05) is 0 Å². The van der Waals surface area contributed by atoms with E-state index in [1.807, 2.05) is 30.3 Å². The first kappa shape index (κ1) is 16.6. The Bertz CT molecular complexity index is 938. The van der Waals surface area contributed by atoms with E-state index in [0.29, 0.717) is 0 Å². The lowest BCUT2D eigenvalue weighted by Crippen LogP contribution is -1.93. The quantitative estimate of drug-likeness (QED) is 0.520. The minimum absolute atomic E-state index is 0.109. The number of aryl methyl sites for hydroxylation is 2. The fourth-order valence-electron chi connectivity index (χ4n) is 2.43. The van der Waals surface area contributed by atoms with Crippen molar-refractivity contribution in [2.24, 2.45) is 0 Å². The molecule has 0 radical (unpaired) electrons. The average Bonchev–Trinajstić information content (AvgIpc) is 2.65. The third kappa shape index (κ3) is 4.87. The van der Waals surface area contributed by atoms with Crippen LogP contribution < -0.4 is 0 Å². The molecule has 0 fully saturated rings. The lowest BCUT2D eigenvalue weighted by atomic mass is 9.98. The normalized spacial score (nSPS) is 10.8. The highest BCUT2D eigenvalue weighted by atomic mass is 14.1. The van der Waals surface area contributed by atoms with Crippen molar-refractivity contribution >= 4 is 0 Å². The van der Waals surface area contributed by atoms with Crippen molar-refractivity contribution in [3.05, 3.63) is 107 Å². The summed E-state index contributed by atoms with van der Waals surface area (Å²) < 4.78 is 0. The highest BCUT2D eigenvalue weighted by Gasteiger charge is 2.04. The molecular weight excluding hydrogens is 300 g/mol. The molecule has 0 spiro atoms. The summed E-state index contributed by atoms with van der Waals surface area (Å²) in [4.78, 5) is 0. The molecule has 0 heteroatoms. The van der Waals surface area contributed by atoms with Gasteiger partial charge in [0.25, 0.3) is 0 Å². The maximum Gasteiger partial charge on any atom is 0.107 e. The van der Waals surface area contributed by atoms with Crippen molar-refractivity contribution in [1.29, 1.82) is 0 Å². The van der Waals surface area contributed by atoms with Gasteiger partial charge in [0.05, 0.1) is 0 Å². The van der Waals surface area contributed by atoms with E-state index in [9.17, 15) is 0 Å². The van der Waals surface area contributed by atoms with Crippen LogP contribution in [0.4, 0.5) is 0 Å². The Hall–Kier alpha value is -3.22. The molecule has 1 unspecified atom stereocenters. The van der Waals surface area contributed by atoms with Gasteiger partial charge in [0.15, 0.2) is 0 Å². The van der Waals surface area contributed by atoms with E-state index in [1.165, 1.54) is 11.1 Å². The van der Waals surface area contributed by atoms with Gasteiger partial charge in [0.1, 0.15) is 5.92 Å². The summed E-state index contributed by atoms with van der Waals surface area (Å²) in [7, 11) is 0. The summed E-state index contributed by atoms with van der Waals surface area (Å²) in [6, 6.07) is 26.8. The van der Waals surface area contributed by atoms with Gasteiger partial charge in [0.2, 0.25) is 0 Å². The molecule has 25 heavy (non-hydrogen) atoms. The van der Waals surface area contributed by atoms with Crippen LogP contribution in [-0.2, 0) is 0 Å². The summed E-state index contributed by atoms with van der Waals surface area (Å²) in [6.45, 7) is 4.17. The first-order chi connectivity index (χ1) is 12.2. The predicted molar refractivity (Wildman–Crippen MR) is 105 cm³/mol. The first-order valence-electron chi connectivity index (χ1n) is 8.42. The second-order valence-corrected chi connectivity index (χ2v) is 6.11. The molecule has 3 rings (SSSR count). The maximum atomic E-state index is 3.34. The van der Waals surface area contributed by atoms with Crippen LogP contribution in [0.25, 0.3) is 0 Å². The van der Waals surface area contributed by atoms with Gasteiger partial charge in [-0.25, -0.2) is 0 Å². The zero-order chi connectivity index (χ0) is 17.5. The number of benzene rings is 3. The van der Waals surface area contributed by atoms with Crippen molar-refractivity contribution in [2.45, 2.75) is 19.8 Å². The van der Waals surface area contributed by atoms with Gasteiger partial charge in [-0.1, -0.05) is 89.4 Å². The van der Waals surface area contributed by atoms with Crippen LogP contribution in [0.3, 0.4) is 0 Å². The summed E-state index contributed by atoms with van der Waals surface area (Å²) in [5.41, 5.74) is 5.64. The Morgan fingerprint density at radius 3 is 1.60 bits per heavy atom. The van der Waals surface area contributed by atoms with Gasteiger partial charge >= 0.3 is 0 Å². The van der Waals surface area contributed by atoms with Crippen molar-refractivity contribution in [3.63, 3.8) is 0 Å². The molecule has 0 bridgehead atoms. The fraction of sp³-hybridized carbons (Fsp3) is 0.120. The summed E-state index contributed by atoms with van der Waals surface area (Å²) in [5.74, 6) is 13.1. The molecule has 0 heterocycles. The molecule has 0 aliphatic rings. The summed E-state index contributed by atoms with van der Waals surface area (Å²) in [5, 5.41) is 0. The Balaban J connectivity index is 1.93. The standard InChI is InChI=1S/C25H20/c1-20-8-12-23(13-9-20)15-19-25(24-16-10-21(2)11-17-24)18-14-22-6-4-3-5-7-22/h3-13,16-17,25H,1-2H3. The van der Waals surface area contributed by atoms with Crippen molar-refractivity contribution in [3.8, 4) is 23.7 Å². The van der Waals surface area contributed by atoms with Crippen LogP contribution in [0.5, 0.6) is 0 Å². The lowest BCUT2D eigenvalue weighted by molar-refractivity contribution is 1.16. The van der Waals surface area contributed by atoms with Crippen LogP contribution in [0, 0.1) is 37.5 Å². The predicted octanol–water partition coefficient (Wildman–Crippen LogP) is 5.49. The average molecular weight is 320 g/mol. The molecule has 0 amide bonds. The topological polar surface area (TPSA) is 0 Å². The number of hydrogen-bond donors (Lipinski definition) is 0. The van der Waals surface area contributed by atoms with Crippen LogP contribution >= 0.6 is 0 Å². The van der Waals surface area contributed by atoms with Gasteiger partial charge in [-0.15, -0.1) is 0 Å². The smallest absolute Gasteiger partial charge is 0.0764 e. The largest absolute Gasteiger partial charge is 0.107 e. The monoisotopic (exact) mass is 320 g/mol. The van der Waals surface area contributed by atoms with Gasteiger partial charge in [-0.3, -0.25) is 0 Å². The third-order valence-corrected chi connectivity index (χ3v) is 3.96. The second-order valence-electron chi connectivity index (χ2n) is 6.11. The van der Waals surface area contributed by atoms with Crippen LogP contribution in [0.2, 0.25) is 0 Å². The highest BCUT2D eigenvalue weighted by Crippen LogP contribution is 2.16. The van der Waals surface area contributed by atoms with E-state index in [1.54, 1.807) is 0 Å². The third-order valence-electron chi connectivity index (χ3n) is 3.96. The highest BCUT2D eigenvalue weighted by molar-refractivity contribution is 5.46. The summed E-state index contributed by atoms with van der Waals surface area (Å²) in [6.07, 6.45) is 0. The molecule has 0 aliphatic heterocycles. The van der Waals surface area contributed by atoms with Crippen LogP contribution in [0.1, 0.15) is 33.7 Å². The van der Waals surface area contributed by atoms with Crippen molar-refractivity contribution in [1.82, 2.24) is 0 Å². The van der Waals surface area contributed by atoms with E-state index in [4.69, 9.17) is 0 Å². The van der Waals surface area contributed by atoms with Gasteiger partial charge in [0, 0.05) is 11.1 Å². The SMILES string of the molecule is Cc1ccc(C#CC(C#Cc2ccccc2)c2ccc(C)cc2)cc1. The van der Waals surface area contributed by atoms with Gasteiger partial charge in [-0.05, 0) is 43.7 Å². The molecule has 0 N–H and O–H groups in total. The molecule has 0 nitrogen and oxygen atoms in total. The number of rotatable bonds is 1. The van der Waals surface area contributed by atoms with E-state index >= 15 is 0 Å². The molecule has 0 saturated carbocycles.